The fourth-order valence-corrected chi connectivity index (χ4v) is 2.85. The van der Waals surface area contributed by atoms with E-state index in [-0.39, 0.29) is 5.97 Å². The Kier molecular flexibility index (Phi) is 5.18. The number of benzene rings is 1. The van der Waals surface area contributed by atoms with Crippen molar-refractivity contribution in [1.82, 2.24) is 4.90 Å². The second-order valence-corrected chi connectivity index (χ2v) is 6.00. The van der Waals surface area contributed by atoms with Crippen LogP contribution in [-0.2, 0) is 22.5 Å². The maximum absolute atomic E-state index is 11.5. The molecule has 1 heterocycles. The van der Waals surface area contributed by atoms with Gasteiger partial charge < -0.3 is 4.74 Å². The largest absolute Gasteiger partial charge is 0.469 e. The van der Waals surface area contributed by atoms with Crippen molar-refractivity contribution in [2.75, 3.05) is 20.2 Å². The molecular weight excluding hydrogens is 250 g/mol. The van der Waals surface area contributed by atoms with Crippen LogP contribution < -0.4 is 0 Å². The number of carbonyl (C=O) groups excluding carboxylic acids is 1. The molecule has 1 fully saturated rings. The van der Waals surface area contributed by atoms with Crippen LogP contribution in [0.15, 0.2) is 24.3 Å². The number of esters is 1. The Morgan fingerprint density at radius 1 is 1.25 bits per heavy atom. The van der Waals surface area contributed by atoms with E-state index < -0.39 is 0 Å². The van der Waals surface area contributed by atoms with Crippen molar-refractivity contribution in [3.63, 3.8) is 0 Å². The number of piperidine rings is 1. The van der Waals surface area contributed by atoms with Gasteiger partial charge in [0.1, 0.15) is 0 Å². The summed E-state index contributed by atoms with van der Waals surface area (Å²) in [7, 11) is 1.44. The lowest BCUT2D eigenvalue weighted by Crippen LogP contribution is -2.38. The van der Waals surface area contributed by atoms with Crippen molar-refractivity contribution in [2.24, 2.45) is 11.8 Å². The van der Waals surface area contributed by atoms with E-state index in [1.807, 2.05) is 18.2 Å². The molecule has 3 heteroatoms. The van der Waals surface area contributed by atoms with E-state index in [4.69, 9.17) is 4.74 Å². The van der Waals surface area contributed by atoms with Crippen LogP contribution >= 0.6 is 0 Å². The number of likely N-dealkylation sites (tertiary alicyclic amines) is 1. The summed E-state index contributed by atoms with van der Waals surface area (Å²) in [5.41, 5.74) is 2.34. The highest BCUT2D eigenvalue weighted by atomic mass is 16.5. The van der Waals surface area contributed by atoms with Gasteiger partial charge in [0.25, 0.3) is 0 Å². The van der Waals surface area contributed by atoms with Crippen LogP contribution in [0.1, 0.15) is 31.4 Å². The van der Waals surface area contributed by atoms with Gasteiger partial charge in [-0.1, -0.05) is 38.1 Å². The quantitative estimate of drug-likeness (QED) is 0.791. The van der Waals surface area contributed by atoms with Crippen LogP contribution in [0.4, 0.5) is 0 Å². The predicted molar refractivity (Wildman–Crippen MR) is 80.4 cm³/mol. The first-order valence-electron chi connectivity index (χ1n) is 7.46. The highest BCUT2D eigenvalue weighted by molar-refractivity contribution is 5.72. The van der Waals surface area contributed by atoms with Crippen molar-refractivity contribution in [3.8, 4) is 0 Å². The minimum Gasteiger partial charge on any atom is -0.469 e. The van der Waals surface area contributed by atoms with Crippen LogP contribution in [-0.4, -0.2) is 31.1 Å². The zero-order valence-electron chi connectivity index (χ0n) is 12.8. The number of rotatable bonds is 4. The summed E-state index contributed by atoms with van der Waals surface area (Å²) in [4.78, 5) is 14.0. The molecule has 1 aromatic carbocycles. The fraction of sp³-hybridized carbons (Fsp3) is 0.588. The Balaban J connectivity index is 2.03. The van der Waals surface area contributed by atoms with E-state index in [9.17, 15) is 4.79 Å². The van der Waals surface area contributed by atoms with Gasteiger partial charge in [-0.05, 0) is 35.9 Å². The van der Waals surface area contributed by atoms with Gasteiger partial charge in [0, 0.05) is 13.1 Å². The Bertz CT molecular complexity index is 458. The zero-order valence-corrected chi connectivity index (χ0v) is 12.8. The molecule has 0 radical (unpaired) electrons. The number of carbonyl (C=O) groups is 1. The Morgan fingerprint density at radius 2 is 1.95 bits per heavy atom. The Morgan fingerprint density at radius 3 is 2.60 bits per heavy atom. The SMILES string of the molecule is COC(=O)Cc1ccccc1CN1CCC(C)C(C)C1. The molecule has 0 N–H and O–H groups in total. The van der Waals surface area contributed by atoms with Crippen LogP contribution in [0.2, 0.25) is 0 Å². The van der Waals surface area contributed by atoms with E-state index >= 15 is 0 Å². The van der Waals surface area contributed by atoms with Gasteiger partial charge in [0.2, 0.25) is 0 Å². The van der Waals surface area contributed by atoms with Crippen molar-refractivity contribution in [3.05, 3.63) is 35.4 Å². The summed E-state index contributed by atoms with van der Waals surface area (Å²) in [6.07, 6.45) is 1.63. The first kappa shape index (κ1) is 15.0. The highest BCUT2D eigenvalue weighted by Gasteiger charge is 2.23. The fourth-order valence-electron chi connectivity index (χ4n) is 2.85. The van der Waals surface area contributed by atoms with Gasteiger partial charge in [-0.2, -0.15) is 0 Å². The average molecular weight is 275 g/mol. The van der Waals surface area contributed by atoms with Crippen LogP contribution in [0.3, 0.4) is 0 Å². The molecule has 3 nitrogen and oxygen atoms in total. The molecule has 0 bridgehead atoms. The third-order valence-corrected chi connectivity index (χ3v) is 4.49. The first-order valence-corrected chi connectivity index (χ1v) is 7.46. The van der Waals surface area contributed by atoms with Crippen molar-refractivity contribution in [1.29, 1.82) is 0 Å². The summed E-state index contributed by atoms with van der Waals surface area (Å²) in [6, 6.07) is 8.19. The van der Waals surface area contributed by atoms with Crippen molar-refractivity contribution < 1.29 is 9.53 Å². The Labute approximate surface area is 121 Å². The monoisotopic (exact) mass is 275 g/mol. The third-order valence-electron chi connectivity index (χ3n) is 4.49. The van der Waals surface area contributed by atoms with E-state index in [1.165, 1.54) is 19.1 Å². The van der Waals surface area contributed by atoms with Gasteiger partial charge in [-0.25, -0.2) is 0 Å². The molecule has 110 valence electrons. The molecule has 0 aromatic heterocycles. The molecule has 0 saturated carbocycles. The number of methoxy groups -OCH3 is 1. The molecule has 1 aliphatic heterocycles. The van der Waals surface area contributed by atoms with E-state index in [1.54, 1.807) is 0 Å². The minimum atomic E-state index is -0.168. The minimum absolute atomic E-state index is 0.168. The van der Waals surface area contributed by atoms with Crippen LogP contribution in [0, 0.1) is 11.8 Å². The predicted octanol–water partition coefficient (Wildman–Crippen LogP) is 2.88. The normalized spacial score (nSPS) is 23.6. The first-order chi connectivity index (χ1) is 9.60. The second kappa shape index (κ2) is 6.89. The summed E-state index contributed by atoms with van der Waals surface area (Å²) >= 11 is 0. The molecule has 2 atom stereocenters. The maximum Gasteiger partial charge on any atom is 0.309 e. The molecule has 0 amide bonds. The molecule has 2 unspecified atom stereocenters. The Hall–Kier alpha value is -1.35. The highest BCUT2D eigenvalue weighted by Crippen LogP contribution is 2.24. The zero-order chi connectivity index (χ0) is 14.5. The topological polar surface area (TPSA) is 29.5 Å². The average Bonchev–Trinajstić information content (AvgIpc) is 2.45. The molecule has 20 heavy (non-hydrogen) atoms. The molecule has 1 aromatic rings. The van der Waals surface area contributed by atoms with Crippen LogP contribution in [0.5, 0.6) is 0 Å². The van der Waals surface area contributed by atoms with Crippen LogP contribution in [0.25, 0.3) is 0 Å². The molecule has 0 aliphatic carbocycles. The summed E-state index contributed by atoms with van der Waals surface area (Å²) in [5.74, 6) is 1.39. The second-order valence-electron chi connectivity index (χ2n) is 6.00. The lowest BCUT2D eigenvalue weighted by molar-refractivity contribution is -0.139. The standard InChI is InChI=1S/C17H25NO2/c1-13-8-9-18(11-14(13)2)12-16-7-5-4-6-15(16)10-17(19)20-3/h4-7,13-14H,8-12H2,1-3H3. The number of hydrogen-bond acceptors (Lipinski definition) is 3. The third kappa shape index (κ3) is 3.83. The lowest BCUT2D eigenvalue weighted by Gasteiger charge is -2.35. The summed E-state index contributed by atoms with van der Waals surface area (Å²) in [5, 5.41) is 0. The molecular formula is C17H25NO2. The van der Waals surface area contributed by atoms with Crippen molar-refractivity contribution in [2.45, 2.75) is 33.2 Å². The molecule has 2 rings (SSSR count). The molecule has 1 saturated heterocycles. The van der Waals surface area contributed by atoms with Gasteiger partial charge in [-0.15, -0.1) is 0 Å². The number of hydrogen-bond donors (Lipinski definition) is 0. The molecule has 1 aliphatic rings. The summed E-state index contributed by atoms with van der Waals surface area (Å²) in [6.45, 7) is 7.90. The smallest absolute Gasteiger partial charge is 0.309 e. The maximum atomic E-state index is 11.5. The van der Waals surface area contributed by atoms with E-state index in [0.29, 0.717) is 6.42 Å². The van der Waals surface area contributed by atoms with E-state index in [2.05, 4.69) is 24.8 Å². The number of ether oxygens (including phenoxy) is 1. The molecule has 0 spiro atoms. The number of nitrogens with zero attached hydrogens (tertiary/aromatic N) is 1. The van der Waals surface area contributed by atoms with Crippen molar-refractivity contribution >= 4 is 5.97 Å². The van der Waals surface area contributed by atoms with Gasteiger partial charge in [0.05, 0.1) is 13.5 Å². The van der Waals surface area contributed by atoms with Gasteiger partial charge in [0.15, 0.2) is 0 Å². The summed E-state index contributed by atoms with van der Waals surface area (Å²) < 4.78 is 4.78. The van der Waals surface area contributed by atoms with E-state index in [0.717, 1.165) is 37.0 Å². The van der Waals surface area contributed by atoms with Gasteiger partial charge in [-0.3, -0.25) is 9.69 Å². The van der Waals surface area contributed by atoms with Gasteiger partial charge >= 0.3 is 5.97 Å². The lowest BCUT2D eigenvalue weighted by atomic mass is 9.88.